The summed E-state index contributed by atoms with van der Waals surface area (Å²) in [5.41, 5.74) is 8.71. The number of benzene rings is 2. The van der Waals surface area contributed by atoms with Crippen molar-refractivity contribution in [3.8, 4) is 22.3 Å². The van der Waals surface area contributed by atoms with Crippen molar-refractivity contribution in [2.24, 2.45) is 4.99 Å². The van der Waals surface area contributed by atoms with Crippen LogP contribution in [0.1, 0.15) is 0 Å². The van der Waals surface area contributed by atoms with Crippen LogP contribution in [0, 0.1) is 0 Å². The van der Waals surface area contributed by atoms with E-state index in [0.29, 0.717) is 0 Å². The Labute approximate surface area is 130 Å². The Bertz CT molecular complexity index is 818. The zero-order valence-corrected chi connectivity index (χ0v) is 12.8. The van der Waals surface area contributed by atoms with Crippen LogP contribution >= 0.6 is 0 Å². The van der Waals surface area contributed by atoms with E-state index in [9.17, 15) is 0 Å². The first-order chi connectivity index (χ1) is 10.8. The quantitative estimate of drug-likeness (QED) is 0.785. The van der Waals surface area contributed by atoms with Crippen LogP contribution < -0.4 is 10.9 Å². The first-order valence-electron chi connectivity index (χ1n) is 7.31. The summed E-state index contributed by atoms with van der Waals surface area (Å²) in [6.07, 6.45) is 2.07. The van der Waals surface area contributed by atoms with Crippen LogP contribution in [0.5, 0.6) is 0 Å². The molecule has 1 N–H and O–H groups in total. The molecular weight excluding hydrogens is 270 g/mol. The minimum atomic E-state index is 0.911. The second-order valence-corrected chi connectivity index (χ2v) is 5.02. The lowest BCUT2D eigenvalue weighted by molar-refractivity contribution is 0.845. The fourth-order valence-electron chi connectivity index (χ4n) is 2.60. The summed E-state index contributed by atoms with van der Waals surface area (Å²) in [7, 11) is 3.72. The minimum Gasteiger partial charge on any atom is -0.328 e. The van der Waals surface area contributed by atoms with Crippen molar-refractivity contribution < 1.29 is 0 Å². The van der Waals surface area contributed by atoms with E-state index in [4.69, 9.17) is 0 Å². The molecule has 0 atom stereocenters. The first kappa shape index (κ1) is 14.1. The number of pyridine rings is 1. The Morgan fingerprint density at radius 1 is 0.818 bits per heavy atom. The minimum absolute atomic E-state index is 0.911. The maximum atomic E-state index is 4.45. The number of hydrogen-bond donors (Lipinski definition) is 1. The van der Waals surface area contributed by atoms with Crippen LogP contribution in [0.3, 0.4) is 0 Å². The molecule has 0 aliphatic rings. The molecule has 0 aliphatic heterocycles. The summed E-state index contributed by atoms with van der Waals surface area (Å²) in [6.45, 7) is 0. The molecule has 0 spiro atoms. The van der Waals surface area contributed by atoms with Gasteiger partial charge in [-0.25, -0.2) is 4.68 Å². The summed E-state index contributed by atoms with van der Waals surface area (Å²) in [6, 6.07) is 22.9. The van der Waals surface area contributed by atoms with E-state index in [0.717, 1.165) is 22.2 Å². The van der Waals surface area contributed by atoms with Crippen LogP contribution in [0.4, 0.5) is 0 Å². The molecule has 2 aromatic carbocycles. The predicted molar refractivity (Wildman–Crippen MR) is 92.1 cm³/mol. The van der Waals surface area contributed by atoms with E-state index < -0.39 is 0 Å². The Hall–Kier alpha value is -2.81. The number of aromatic nitrogens is 1. The predicted octanol–water partition coefficient (Wildman–Crippen LogP) is 3.53. The van der Waals surface area contributed by atoms with Gasteiger partial charge in [-0.1, -0.05) is 60.7 Å². The third-order valence-corrected chi connectivity index (χ3v) is 3.68. The summed E-state index contributed by atoms with van der Waals surface area (Å²) in [5, 5.41) is 0. The average molecular weight is 289 g/mol. The number of rotatable bonds is 3. The molecule has 0 bridgehead atoms. The van der Waals surface area contributed by atoms with Gasteiger partial charge in [0.15, 0.2) is 5.49 Å². The molecule has 0 radical (unpaired) electrons. The van der Waals surface area contributed by atoms with Crippen LogP contribution in [0.15, 0.2) is 77.9 Å². The number of hydrogen-bond acceptors (Lipinski definition) is 2. The van der Waals surface area contributed by atoms with Gasteiger partial charge in [-0.2, -0.15) is 0 Å². The molecule has 3 heteroatoms. The molecule has 0 fully saturated rings. The summed E-state index contributed by atoms with van der Waals surface area (Å²) < 4.78 is 1.96. The summed E-state index contributed by atoms with van der Waals surface area (Å²) in [5.74, 6) is 0. The van der Waals surface area contributed by atoms with Gasteiger partial charge in [0.2, 0.25) is 0 Å². The van der Waals surface area contributed by atoms with E-state index in [1.165, 1.54) is 5.56 Å². The smallest absolute Gasteiger partial charge is 0.154 e. The van der Waals surface area contributed by atoms with E-state index in [1.54, 1.807) is 0 Å². The van der Waals surface area contributed by atoms with Crippen LogP contribution in [-0.2, 0) is 0 Å². The van der Waals surface area contributed by atoms with Gasteiger partial charge in [0, 0.05) is 31.4 Å². The van der Waals surface area contributed by atoms with Gasteiger partial charge in [0.1, 0.15) is 0 Å². The van der Waals surface area contributed by atoms with Crippen molar-refractivity contribution in [3.63, 3.8) is 0 Å². The van der Waals surface area contributed by atoms with Crippen molar-refractivity contribution in [1.29, 1.82) is 0 Å². The highest BCUT2D eigenvalue weighted by Gasteiger charge is 2.07. The largest absolute Gasteiger partial charge is 0.328 e. The Morgan fingerprint density at radius 2 is 1.41 bits per heavy atom. The van der Waals surface area contributed by atoms with E-state index >= 15 is 0 Å². The highest BCUT2D eigenvalue weighted by Crippen LogP contribution is 2.23. The highest BCUT2D eigenvalue weighted by atomic mass is 15.4. The lowest BCUT2D eigenvalue weighted by atomic mass is 10.0. The fourth-order valence-corrected chi connectivity index (χ4v) is 2.60. The van der Waals surface area contributed by atoms with Gasteiger partial charge in [-0.05, 0) is 17.2 Å². The van der Waals surface area contributed by atoms with Gasteiger partial charge < -0.3 is 5.43 Å². The number of nitrogens with one attached hydrogen (secondary N) is 1. The molecular formula is C19H19N3. The zero-order chi connectivity index (χ0) is 15.4. The molecule has 1 heterocycles. The molecule has 0 amide bonds. The monoisotopic (exact) mass is 289 g/mol. The molecule has 3 nitrogen and oxygen atoms in total. The molecule has 0 saturated heterocycles. The van der Waals surface area contributed by atoms with Gasteiger partial charge in [-0.15, -0.1) is 0 Å². The van der Waals surface area contributed by atoms with Crippen molar-refractivity contribution in [3.05, 3.63) is 78.4 Å². The van der Waals surface area contributed by atoms with Crippen molar-refractivity contribution in [2.75, 3.05) is 19.5 Å². The summed E-state index contributed by atoms with van der Waals surface area (Å²) in [4.78, 5) is 4.45. The second kappa shape index (κ2) is 6.31. The maximum Gasteiger partial charge on any atom is 0.154 e. The first-order valence-corrected chi connectivity index (χ1v) is 7.31. The Morgan fingerprint density at radius 3 is 1.95 bits per heavy atom. The van der Waals surface area contributed by atoms with Crippen LogP contribution in [0.2, 0.25) is 0 Å². The fraction of sp³-hybridized carbons (Fsp3) is 0.105. The van der Waals surface area contributed by atoms with Gasteiger partial charge in [-0.3, -0.25) is 4.99 Å². The lowest BCUT2D eigenvalue weighted by Crippen LogP contribution is -2.28. The molecule has 3 rings (SSSR count). The molecule has 1 aromatic heterocycles. The standard InChI is InChI=1S/C19H19N3/c1-20-19-18(16-11-7-4-8-12-16)13-17(14-22(19)21-2)15-9-5-3-6-10-15/h3-14,21H,1-2H3/b20-19-. The van der Waals surface area contributed by atoms with Crippen molar-refractivity contribution in [2.45, 2.75) is 0 Å². The van der Waals surface area contributed by atoms with E-state index in [-0.39, 0.29) is 0 Å². The highest BCUT2D eigenvalue weighted by molar-refractivity contribution is 5.71. The molecule has 22 heavy (non-hydrogen) atoms. The van der Waals surface area contributed by atoms with Gasteiger partial charge >= 0.3 is 0 Å². The summed E-state index contributed by atoms with van der Waals surface area (Å²) >= 11 is 0. The maximum absolute atomic E-state index is 4.45. The lowest BCUT2D eigenvalue weighted by Gasteiger charge is -2.14. The molecule has 0 unspecified atom stereocenters. The zero-order valence-electron chi connectivity index (χ0n) is 12.8. The van der Waals surface area contributed by atoms with Crippen molar-refractivity contribution in [1.82, 2.24) is 4.68 Å². The Balaban J connectivity index is 2.28. The van der Waals surface area contributed by atoms with Gasteiger partial charge in [0.05, 0.1) is 0 Å². The third kappa shape index (κ3) is 2.66. The van der Waals surface area contributed by atoms with Crippen molar-refractivity contribution >= 4 is 0 Å². The van der Waals surface area contributed by atoms with E-state index in [1.807, 2.05) is 43.0 Å². The Kier molecular flexibility index (Phi) is 4.05. The number of nitrogens with zero attached hydrogens (tertiary/aromatic N) is 2. The van der Waals surface area contributed by atoms with Crippen LogP contribution in [-0.4, -0.2) is 18.8 Å². The second-order valence-electron chi connectivity index (χ2n) is 5.02. The molecule has 0 saturated carbocycles. The van der Waals surface area contributed by atoms with Crippen LogP contribution in [0.25, 0.3) is 22.3 Å². The molecule has 3 aromatic rings. The average Bonchev–Trinajstić information content (AvgIpc) is 2.62. The van der Waals surface area contributed by atoms with E-state index in [2.05, 4.69) is 59.1 Å². The topological polar surface area (TPSA) is 29.3 Å². The van der Waals surface area contributed by atoms with Gasteiger partial charge in [0.25, 0.3) is 0 Å². The third-order valence-electron chi connectivity index (χ3n) is 3.68. The molecule has 0 aliphatic carbocycles. The SMILES string of the molecule is C/N=c1/c(-c2ccccc2)cc(-c2ccccc2)cn1NC. The molecule has 110 valence electrons. The normalized spacial score (nSPS) is 11.5.